The molecule has 0 aliphatic rings. The molecule has 1 amide bonds. The van der Waals surface area contributed by atoms with E-state index in [1.54, 1.807) is 6.92 Å². The highest BCUT2D eigenvalue weighted by molar-refractivity contribution is 5.78. The van der Waals surface area contributed by atoms with Crippen molar-refractivity contribution in [2.75, 3.05) is 6.54 Å². The Hall–Kier alpha value is -3.16. The second-order valence-electron chi connectivity index (χ2n) is 5.49. The highest BCUT2D eigenvalue weighted by Gasteiger charge is 2.11. The van der Waals surface area contributed by atoms with E-state index in [2.05, 4.69) is 25.3 Å². The summed E-state index contributed by atoms with van der Waals surface area (Å²) in [6, 6.07) is 7.70. The maximum Gasteiger partial charge on any atom is 0.325 e. The maximum absolute atomic E-state index is 12.0. The second-order valence-corrected chi connectivity index (χ2v) is 5.49. The van der Waals surface area contributed by atoms with Crippen molar-refractivity contribution in [2.24, 2.45) is 0 Å². The molecule has 0 fully saturated rings. The van der Waals surface area contributed by atoms with E-state index in [0.29, 0.717) is 18.7 Å². The molecule has 0 saturated carbocycles. The van der Waals surface area contributed by atoms with Crippen LogP contribution in [-0.2, 0) is 17.6 Å². The molecule has 124 valence electrons. The van der Waals surface area contributed by atoms with E-state index in [-0.39, 0.29) is 17.9 Å². The lowest BCUT2D eigenvalue weighted by Crippen LogP contribution is -2.33. The van der Waals surface area contributed by atoms with Gasteiger partial charge in [0.25, 0.3) is 5.56 Å². The molecule has 3 aromatic rings. The zero-order valence-electron chi connectivity index (χ0n) is 13.1. The van der Waals surface area contributed by atoms with Gasteiger partial charge in [-0.05, 0) is 19.1 Å². The van der Waals surface area contributed by atoms with E-state index in [4.69, 9.17) is 0 Å². The number of para-hydroxylation sites is 2. The molecule has 0 aliphatic heterocycles. The van der Waals surface area contributed by atoms with E-state index < -0.39 is 11.2 Å². The van der Waals surface area contributed by atoms with E-state index in [9.17, 15) is 14.4 Å². The minimum atomic E-state index is -0.577. The quantitative estimate of drug-likeness (QED) is 0.532. The molecule has 0 unspecified atom stereocenters. The fourth-order valence-corrected chi connectivity index (χ4v) is 2.51. The highest BCUT2D eigenvalue weighted by Crippen LogP contribution is 2.10. The molecule has 0 radical (unpaired) electrons. The molecule has 24 heavy (non-hydrogen) atoms. The number of hydrogen-bond donors (Lipinski definition) is 4. The Bertz CT molecular complexity index is 966. The molecule has 1 aromatic carbocycles. The van der Waals surface area contributed by atoms with Crippen molar-refractivity contribution in [3.05, 3.63) is 62.2 Å². The number of fused-ring (bicyclic) bond motifs is 1. The van der Waals surface area contributed by atoms with Crippen LogP contribution in [0.4, 0.5) is 0 Å². The predicted octanol–water partition coefficient (Wildman–Crippen LogP) is 0.149. The van der Waals surface area contributed by atoms with Crippen molar-refractivity contribution in [2.45, 2.75) is 19.8 Å². The summed E-state index contributed by atoms with van der Waals surface area (Å²) in [7, 11) is 0. The Balaban J connectivity index is 1.58. The number of aryl methyl sites for hydroxylation is 1. The topological polar surface area (TPSA) is 124 Å². The fourth-order valence-electron chi connectivity index (χ4n) is 2.51. The average Bonchev–Trinajstić information content (AvgIpc) is 2.93. The van der Waals surface area contributed by atoms with Gasteiger partial charge in [-0.15, -0.1) is 0 Å². The van der Waals surface area contributed by atoms with Crippen molar-refractivity contribution in [1.29, 1.82) is 0 Å². The normalized spacial score (nSPS) is 10.9. The van der Waals surface area contributed by atoms with Crippen LogP contribution in [0.1, 0.15) is 17.1 Å². The molecule has 2 aromatic heterocycles. The van der Waals surface area contributed by atoms with Gasteiger partial charge in [0.2, 0.25) is 5.91 Å². The number of carbonyl (C=O) groups is 1. The van der Waals surface area contributed by atoms with Gasteiger partial charge >= 0.3 is 5.69 Å². The van der Waals surface area contributed by atoms with Crippen LogP contribution in [0.2, 0.25) is 0 Å². The fraction of sp³-hybridized carbons (Fsp3) is 0.250. The lowest BCUT2D eigenvalue weighted by molar-refractivity contribution is -0.120. The summed E-state index contributed by atoms with van der Waals surface area (Å²) in [6.07, 6.45) is 0.472. The first-order chi connectivity index (χ1) is 11.5. The molecule has 0 bridgehead atoms. The van der Waals surface area contributed by atoms with Crippen molar-refractivity contribution in [3.8, 4) is 0 Å². The lowest BCUT2D eigenvalue weighted by Gasteiger charge is -2.05. The smallest absolute Gasteiger partial charge is 0.325 e. The Morgan fingerprint density at radius 2 is 1.96 bits per heavy atom. The molecule has 0 saturated heterocycles. The number of carbonyl (C=O) groups excluding carboxylic acids is 1. The van der Waals surface area contributed by atoms with Crippen LogP contribution in [0.3, 0.4) is 0 Å². The van der Waals surface area contributed by atoms with E-state index in [1.165, 1.54) is 0 Å². The van der Waals surface area contributed by atoms with E-state index in [0.717, 1.165) is 16.9 Å². The first kappa shape index (κ1) is 15.7. The summed E-state index contributed by atoms with van der Waals surface area (Å²) in [5.41, 5.74) is 1.38. The largest absolute Gasteiger partial charge is 0.355 e. The van der Waals surface area contributed by atoms with Gasteiger partial charge in [-0.2, -0.15) is 0 Å². The zero-order chi connectivity index (χ0) is 17.1. The molecule has 0 atom stereocenters. The Labute approximate surface area is 136 Å². The average molecular weight is 327 g/mol. The number of imidazole rings is 1. The summed E-state index contributed by atoms with van der Waals surface area (Å²) in [5, 5.41) is 2.75. The van der Waals surface area contributed by atoms with Gasteiger partial charge in [0.05, 0.1) is 17.5 Å². The molecular formula is C16H17N5O3. The summed E-state index contributed by atoms with van der Waals surface area (Å²) in [5.74, 6) is 0.501. The van der Waals surface area contributed by atoms with Crippen molar-refractivity contribution >= 4 is 16.9 Å². The molecule has 4 N–H and O–H groups in total. The van der Waals surface area contributed by atoms with Gasteiger partial charge in [-0.3, -0.25) is 14.6 Å². The van der Waals surface area contributed by atoms with Crippen molar-refractivity contribution in [3.63, 3.8) is 0 Å². The predicted molar refractivity (Wildman–Crippen MR) is 88.9 cm³/mol. The van der Waals surface area contributed by atoms with Gasteiger partial charge in [0.1, 0.15) is 5.82 Å². The SMILES string of the molecule is Cc1[nH]c(=O)[nH]c(=O)c1CC(=O)NCCc1nc2ccccc2[nH]1. The lowest BCUT2D eigenvalue weighted by atomic mass is 10.1. The molecule has 3 rings (SSSR count). The Morgan fingerprint density at radius 3 is 2.71 bits per heavy atom. The number of aromatic amines is 3. The number of aromatic nitrogens is 4. The third-order valence-corrected chi connectivity index (χ3v) is 3.71. The minimum absolute atomic E-state index is 0.0852. The highest BCUT2D eigenvalue weighted by atomic mass is 16.2. The van der Waals surface area contributed by atoms with Crippen LogP contribution in [0.5, 0.6) is 0 Å². The number of rotatable bonds is 5. The first-order valence-corrected chi connectivity index (χ1v) is 7.55. The number of hydrogen-bond acceptors (Lipinski definition) is 4. The van der Waals surface area contributed by atoms with Gasteiger partial charge < -0.3 is 15.3 Å². The van der Waals surface area contributed by atoms with Crippen LogP contribution >= 0.6 is 0 Å². The van der Waals surface area contributed by atoms with Crippen LogP contribution in [0.15, 0.2) is 33.9 Å². The molecule has 2 heterocycles. The summed E-state index contributed by atoms with van der Waals surface area (Å²) < 4.78 is 0. The summed E-state index contributed by atoms with van der Waals surface area (Å²) in [4.78, 5) is 47.0. The second kappa shape index (κ2) is 6.53. The molecule has 8 heteroatoms. The van der Waals surface area contributed by atoms with E-state index in [1.807, 2.05) is 24.3 Å². The van der Waals surface area contributed by atoms with Crippen LogP contribution in [0, 0.1) is 6.92 Å². The summed E-state index contributed by atoms with van der Waals surface area (Å²) >= 11 is 0. The number of benzene rings is 1. The van der Waals surface area contributed by atoms with Crippen molar-refractivity contribution in [1.82, 2.24) is 25.3 Å². The first-order valence-electron chi connectivity index (χ1n) is 7.55. The van der Waals surface area contributed by atoms with Crippen LogP contribution in [-0.4, -0.2) is 32.4 Å². The van der Waals surface area contributed by atoms with Crippen LogP contribution in [0.25, 0.3) is 11.0 Å². The van der Waals surface area contributed by atoms with Crippen molar-refractivity contribution < 1.29 is 4.79 Å². The zero-order valence-corrected chi connectivity index (χ0v) is 13.1. The standard InChI is InChI=1S/C16H17N5O3/c1-9-10(15(23)21-16(24)18-9)8-14(22)17-7-6-13-19-11-4-2-3-5-12(11)20-13/h2-5H,6-8H2,1H3,(H,17,22)(H,19,20)(H2,18,21,23,24). The number of amides is 1. The Morgan fingerprint density at radius 1 is 1.17 bits per heavy atom. The summed E-state index contributed by atoms with van der Waals surface area (Å²) in [6.45, 7) is 1.99. The Kier molecular flexibility index (Phi) is 4.28. The third-order valence-electron chi connectivity index (χ3n) is 3.71. The van der Waals surface area contributed by atoms with Crippen LogP contribution < -0.4 is 16.6 Å². The molecule has 0 aliphatic carbocycles. The van der Waals surface area contributed by atoms with Gasteiger partial charge in [-0.25, -0.2) is 9.78 Å². The maximum atomic E-state index is 12.0. The molecule has 8 nitrogen and oxygen atoms in total. The minimum Gasteiger partial charge on any atom is -0.355 e. The van der Waals surface area contributed by atoms with Gasteiger partial charge in [0.15, 0.2) is 0 Å². The molecular weight excluding hydrogens is 310 g/mol. The van der Waals surface area contributed by atoms with Gasteiger partial charge in [-0.1, -0.05) is 12.1 Å². The third kappa shape index (κ3) is 3.43. The number of H-pyrrole nitrogens is 3. The molecule has 0 spiro atoms. The van der Waals surface area contributed by atoms with Gasteiger partial charge in [0, 0.05) is 24.2 Å². The van der Waals surface area contributed by atoms with E-state index >= 15 is 0 Å². The number of nitrogens with one attached hydrogen (secondary N) is 4. The number of nitrogens with zero attached hydrogens (tertiary/aromatic N) is 1. The monoisotopic (exact) mass is 327 g/mol.